The first-order chi connectivity index (χ1) is 7.79. The predicted octanol–water partition coefficient (Wildman–Crippen LogP) is 1.12. The van der Waals surface area contributed by atoms with E-state index in [9.17, 15) is 4.79 Å². The summed E-state index contributed by atoms with van der Waals surface area (Å²) in [5, 5.41) is 11.1. The van der Waals surface area contributed by atoms with E-state index < -0.39 is 0 Å². The molecule has 5 heteroatoms. The number of nitrogens with one attached hydrogen (secondary N) is 1. The number of amides is 1. The van der Waals surface area contributed by atoms with Crippen molar-refractivity contribution in [3.63, 3.8) is 0 Å². The molecule has 0 unspecified atom stereocenters. The van der Waals surface area contributed by atoms with Gasteiger partial charge < -0.3 is 10.1 Å². The van der Waals surface area contributed by atoms with Gasteiger partial charge in [0.2, 0.25) is 0 Å². The Morgan fingerprint density at radius 1 is 1.69 bits per heavy atom. The van der Waals surface area contributed by atoms with Crippen molar-refractivity contribution in [2.45, 2.75) is 12.8 Å². The number of hydrogen-bond acceptors (Lipinski definition) is 4. The van der Waals surface area contributed by atoms with Gasteiger partial charge in [0.25, 0.3) is 5.91 Å². The minimum absolute atomic E-state index is 0.211. The highest BCUT2D eigenvalue weighted by atomic mass is 16.5. The number of carbonyl (C=O) groups excluding carboxylic acids is 1. The van der Waals surface area contributed by atoms with Crippen LogP contribution in [0.25, 0.3) is 0 Å². The molecule has 0 aromatic carbocycles. The van der Waals surface area contributed by atoms with Crippen LogP contribution in [-0.4, -0.2) is 24.5 Å². The summed E-state index contributed by atoms with van der Waals surface area (Å²) >= 11 is 0. The molecule has 1 aromatic heterocycles. The molecule has 0 aliphatic heterocycles. The fourth-order valence-electron chi connectivity index (χ4n) is 1.19. The second kappa shape index (κ2) is 6.40. The Bertz CT molecular complexity index is 398. The Labute approximate surface area is 94.1 Å². The maximum atomic E-state index is 11.7. The van der Waals surface area contributed by atoms with Crippen molar-refractivity contribution >= 4 is 5.91 Å². The van der Waals surface area contributed by atoms with Gasteiger partial charge >= 0.3 is 0 Å². The molecule has 5 nitrogen and oxygen atoms in total. The van der Waals surface area contributed by atoms with Crippen LogP contribution in [-0.2, 0) is 0 Å². The lowest BCUT2D eigenvalue weighted by atomic mass is 10.2. The molecular formula is C11H13N3O2. The molecule has 1 rings (SSSR count). The number of carbonyl (C=O) groups is 1. The number of nitriles is 1. The summed E-state index contributed by atoms with van der Waals surface area (Å²) in [7, 11) is 1.49. The Morgan fingerprint density at radius 2 is 2.50 bits per heavy atom. The molecule has 1 amide bonds. The van der Waals surface area contributed by atoms with Gasteiger partial charge in [-0.1, -0.05) is 0 Å². The minimum Gasteiger partial charge on any atom is -0.494 e. The quantitative estimate of drug-likeness (QED) is 0.753. The molecule has 0 aliphatic carbocycles. The molecule has 84 valence electrons. The average Bonchev–Trinajstić information content (AvgIpc) is 2.34. The number of unbranched alkanes of at least 4 members (excludes halogenated alkanes) is 1. The largest absolute Gasteiger partial charge is 0.494 e. The van der Waals surface area contributed by atoms with Crippen LogP contribution in [0, 0.1) is 11.3 Å². The monoisotopic (exact) mass is 219 g/mol. The maximum Gasteiger partial charge on any atom is 0.255 e. The summed E-state index contributed by atoms with van der Waals surface area (Å²) in [6.45, 7) is 0.484. The van der Waals surface area contributed by atoms with Gasteiger partial charge in [-0.15, -0.1) is 0 Å². The fourth-order valence-corrected chi connectivity index (χ4v) is 1.19. The predicted molar refractivity (Wildman–Crippen MR) is 58.0 cm³/mol. The number of rotatable bonds is 5. The average molecular weight is 219 g/mol. The van der Waals surface area contributed by atoms with E-state index in [4.69, 9.17) is 10.00 Å². The van der Waals surface area contributed by atoms with E-state index in [1.54, 1.807) is 6.07 Å². The topological polar surface area (TPSA) is 75.0 Å². The molecule has 1 heterocycles. The summed E-state index contributed by atoms with van der Waals surface area (Å²) in [4.78, 5) is 15.5. The van der Waals surface area contributed by atoms with Crippen LogP contribution in [0.15, 0.2) is 18.5 Å². The van der Waals surface area contributed by atoms with Crippen LogP contribution in [0.4, 0.5) is 0 Å². The van der Waals surface area contributed by atoms with Crippen molar-refractivity contribution in [2.24, 2.45) is 0 Å². The highest BCUT2D eigenvalue weighted by Crippen LogP contribution is 2.14. The van der Waals surface area contributed by atoms with Crippen molar-refractivity contribution < 1.29 is 9.53 Å². The van der Waals surface area contributed by atoms with Crippen molar-refractivity contribution in [1.82, 2.24) is 10.3 Å². The van der Waals surface area contributed by atoms with Crippen LogP contribution in [0.2, 0.25) is 0 Å². The third kappa shape index (κ3) is 3.24. The van der Waals surface area contributed by atoms with E-state index in [2.05, 4.69) is 10.3 Å². The SMILES string of the molecule is COc1cnccc1C(=O)NCCCC#N. The molecule has 0 atom stereocenters. The Balaban J connectivity index is 2.56. The number of hydrogen-bond donors (Lipinski definition) is 1. The zero-order chi connectivity index (χ0) is 11.8. The summed E-state index contributed by atoms with van der Waals surface area (Å²) in [6.07, 6.45) is 4.11. The van der Waals surface area contributed by atoms with E-state index in [0.29, 0.717) is 30.7 Å². The van der Waals surface area contributed by atoms with E-state index in [-0.39, 0.29) is 5.91 Å². The molecule has 0 saturated heterocycles. The maximum absolute atomic E-state index is 11.7. The van der Waals surface area contributed by atoms with E-state index in [1.807, 2.05) is 6.07 Å². The van der Waals surface area contributed by atoms with E-state index in [1.165, 1.54) is 19.5 Å². The molecular weight excluding hydrogens is 206 g/mol. The summed E-state index contributed by atoms with van der Waals surface area (Å²) in [6, 6.07) is 3.61. The summed E-state index contributed by atoms with van der Waals surface area (Å²) < 4.78 is 5.02. The lowest BCUT2D eigenvalue weighted by molar-refractivity contribution is 0.0950. The first kappa shape index (κ1) is 12.0. The standard InChI is InChI=1S/C11H13N3O2/c1-16-10-8-13-7-4-9(10)11(15)14-6-3-2-5-12/h4,7-8H,2-3,6H2,1H3,(H,14,15). The molecule has 0 fully saturated rings. The van der Waals surface area contributed by atoms with Crippen molar-refractivity contribution in [1.29, 1.82) is 5.26 Å². The number of aromatic nitrogens is 1. The molecule has 0 spiro atoms. The van der Waals surface area contributed by atoms with Gasteiger partial charge in [-0.25, -0.2) is 0 Å². The highest BCUT2D eigenvalue weighted by Gasteiger charge is 2.10. The van der Waals surface area contributed by atoms with E-state index in [0.717, 1.165) is 0 Å². The number of ether oxygens (including phenoxy) is 1. The molecule has 1 aromatic rings. The Hall–Kier alpha value is -2.09. The Morgan fingerprint density at radius 3 is 3.19 bits per heavy atom. The molecule has 0 bridgehead atoms. The van der Waals surface area contributed by atoms with Crippen LogP contribution in [0.1, 0.15) is 23.2 Å². The number of nitrogens with zero attached hydrogens (tertiary/aromatic N) is 2. The van der Waals surface area contributed by atoms with Gasteiger partial charge in [0.05, 0.1) is 24.9 Å². The van der Waals surface area contributed by atoms with Gasteiger partial charge in [-0.3, -0.25) is 9.78 Å². The van der Waals surface area contributed by atoms with Crippen molar-refractivity contribution in [2.75, 3.05) is 13.7 Å². The van der Waals surface area contributed by atoms with Crippen LogP contribution in [0.3, 0.4) is 0 Å². The molecule has 0 saturated carbocycles. The molecule has 0 radical (unpaired) electrons. The highest BCUT2D eigenvalue weighted by molar-refractivity contribution is 5.96. The molecule has 16 heavy (non-hydrogen) atoms. The third-order valence-electron chi connectivity index (χ3n) is 2.00. The molecule has 0 aliphatic rings. The normalized spacial score (nSPS) is 9.25. The molecule has 1 N–H and O–H groups in total. The lowest BCUT2D eigenvalue weighted by Gasteiger charge is -2.07. The Kier molecular flexibility index (Phi) is 4.80. The number of methoxy groups -OCH3 is 1. The van der Waals surface area contributed by atoms with Crippen LogP contribution in [0.5, 0.6) is 5.75 Å². The second-order valence-electron chi connectivity index (χ2n) is 3.09. The lowest BCUT2D eigenvalue weighted by Crippen LogP contribution is -2.24. The van der Waals surface area contributed by atoms with Crippen molar-refractivity contribution in [3.05, 3.63) is 24.0 Å². The smallest absolute Gasteiger partial charge is 0.255 e. The second-order valence-corrected chi connectivity index (χ2v) is 3.09. The first-order valence-corrected chi connectivity index (χ1v) is 4.92. The van der Waals surface area contributed by atoms with Crippen LogP contribution < -0.4 is 10.1 Å². The minimum atomic E-state index is -0.211. The van der Waals surface area contributed by atoms with Crippen molar-refractivity contribution in [3.8, 4) is 11.8 Å². The van der Waals surface area contributed by atoms with Gasteiger partial charge in [-0.05, 0) is 12.5 Å². The van der Waals surface area contributed by atoms with Gasteiger partial charge in [0, 0.05) is 19.2 Å². The van der Waals surface area contributed by atoms with Gasteiger partial charge in [0.15, 0.2) is 0 Å². The first-order valence-electron chi connectivity index (χ1n) is 4.92. The zero-order valence-electron chi connectivity index (χ0n) is 9.06. The third-order valence-corrected chi connectivity index (χ3v) is 2.00. The van der Waals surface area contributed by atoms with E-state index >= 15 is 0 Å². The summed E-state index contributed by atoms with van der Waals surface area (Å²) in [5.41, 5.74) is 0.453. The fraction of sp³-hybridized carbons (Fsp3) is 0.364. The zero-order valence-corrected chi connectivity index (χ0v) is 9.06. The van der Waals surface area contributed by atoms with Gasteiger partial charge in [0.1, 0.15) is 5.75 Å². The van der Waals surface area contributed by atoms with Crippen LogP contribution >= 0.6 is 0 Å². The van der Waals surface area contributed by atoms with Gasteiger partial charge in [-0.2, -0.15) is 5.26 Å². The number of pyridine rings is 1. The summed E-state index contributed by atoms with van der Waals surface area (Å²) in [5.74, 6) is 0.234.